The van der Waals surface area contributed by atoms with Gasteiger partial charge in [-0.25, -0.2) is 4.98 Å². The summed E-state index contributed by atoms with van der Waals surface area (Å²) >= 11 is 0. The Bertz CT molecular complexity index is 642. The van der Waals surface area contributed by atoms with Gasteiger partial charge in [-0.15, -0.1) is 5.10 Å². The summed E-state index contributed by atoms with van der Waals surface area (Å²) in [7, 11) is 3.84. The predicted octanol–water partition coefficient (Wildman–Crippen LogP) is 1.42. The highest BCUT2D eigenvalue weighted by atomic mass is 16.1. The van der Waals surface area contributed by atoms with Gasteiger partial charge < -0.3 is 4.90 Å². The molecule has 2 heterocycles. The summed E-state index contributed by atoms with van der Waals surface area (Å²) in [6.45, 7) is 3.50. The number of hydrogen-bond donors (Lipinski definition) is 0. The fraction of sp³-hybridized carbons (Fsp3) is 0.385. The van der Waals surface area contributed by atoms with E-state index in [1.807, 2.05) is 38.2 Å². The zero-order valence-electron chi connectivity index (χ0n) is 11.6. The van der Waals surface area contributed by atoms with Crippen molar-refractivity contribution in [2.24, 2.45) is 0 Å². The molecule has 0 saturated heterocycles. The summed E-state index contributed by atoms with van der Waals surface area (Å²) in [5.41, 5.74) is 1.25. The molecule has 0 aliphatic heterocycles. The first-order chi connectivity index (χ1) is 9.02. The van der Waals surface area contributed by atoms with Gasteiger partial charge in [0.15, 0.2) is 11.6 Å². The Kier molecular flexibility index (Phi) is 3.59. The third-order valence-electron chi connectivity index (χ3n) is 2.67. The Morgan fingerprint density at radius 3 is 2.79 bits per heavy atom. The van der Waals surface area contributed by atoms with Crippen molar-refractivity contribution in [3.63, 3.8) is 0 Å². The summed E-state index contributed by atoms with van der Waals surface area (Å²) in [6.07, 6.45) is 6.00. The molecule has 0 bridgehead atoms. The van der Waals surface area contributed by atoms with Crippen LogP contribution in [0.3, 0.4) is 0 Å². The van der Waals surface area contributed by atoms with E-state index in [-0.39, 0.29) is 5.78 Å². The lowest BCUT2D eigenvalue weighted by Gasteiger charge is -2.06. The third-order valence-corrected chi connectivity index (χ3v) is 2.67. The summed E-state index contributed by atoms with van der Waals surface area (Å²) in [4.78, 5) is 22.1. The Morgan fingerprint density at radius 2 is 2.21 bits per heavy atom. The highest BCUT2D eigenvalue weighted by Crippen LogP contribution is 2.13. The Hall–Kier alpha value is -2.24. The maximum Gasteiger partial charge on any atom is 0.252 e. The highest BCUT2D eigenvalue weighted by Gasteiger charge is 2.13. The van der Waals surface area contributed by atoms with Crippen LogP contribution in [0.5, 0.6) is 0 Å². The van der Waals surface area contributed by atoms with Crippen LogP contribution in [0.25, 0.3) is 11.9 Å². The number of rotatable bonds is 4. The van der Waals surface area contributed by atoms with Gasteiger partial charge in [0.1, 0.15) is 0 Å². The van der Waals surface area contributed by atoms with E-state index in [0.717, 1.165) is 6.42 Å². The fourth-order valence-corrected chi connectivity index (χ4v) is 1.69. The minimum absolute atomic E-state index is 0.0404. The molecular weight excluding hydrogens is 242 g/mol. The van der Waals surface area contributed by atoms with E-state index in [1.54, 1.807) is 10.7 Å². The molecule has 0 atom stereocenters. The molecule has 0 fully saturated rings. The predicted molar refractivity (Wildman–Crippen MR) is 72.9 cm³/mol. The number of fused-ring (bicyclic) bond motifs is 1. The lowest BCUT2D eigenvalue weighted by Crippen LogP contribution is -2.07. The van der Waals surface area contributed by atoms with Crippen LogP contribution in [0.2, 0.25) is 0 Å². The van der Waals surface area contributed by atoms with Crippen LogP contribution in [-0.2, 0) is 6.42 Å². The van der Waals surface area contributed by atoms with Crippen molar-refractivity contribution in [2.75, 3.05) is 14.1 Å². The zero-order valence-corrected chi connectivity index (χ0v) is 11.6. The molecule has 19 heavy (non-hydrogen) atoms. The lowest BCUT2D eigenvalue weighted by molar-refractivity contribution is 0.101. The normalized spacial score (nSPS) is 11.4. The maximum absolute atomic E-state index is 11.7. The molecule has 0 aliphatic rings. The molecule has 2 rings (SSSR count). The second-order valence-corrected chi connectivity index (χ2v) is 4.49. The Balaban J connectivity index is 2.68. The summed E-state index contributed by atoms with van der Waals surface area (Å²) < 4.78 is 1.62. The van der Waals surface area contributed by atoms with E-state index in [1.165, 1.54) is 6.92 Å². The van der Waals surface area contributed by atoms with Gasteiger partial charge in [-0.05, 0) is 13.0 Å². The third kappa shape index (κ3) is 2.62. The van der Waals surface area contributed by atoms with Crippen molar-refractivity contribution in [1.29, 1.82) is 0 Å². The summed E-state index contributed by atoms with van der Waals surface area (Å²) in [6, 6.07) is 0. The van der Waals surface area contributed by atoms with Crippen LogP contribution in [0.15, 0.2) is 12.4 Å². The quantitative estimate of drug-likeness (QED) is 0.777. The van der Waals surface area contributed by atoms with Crippen LogP contribution in [-0.4, -0.2) is 44.4 Å². The first-order valence-corrected chi connectivity index (χ1v) is 6.13. The largest absolute Gasteiger partial charge is 0.383 e. The number of aryl methyl sites for hydroxylation is 1. The molecule has 0 amide bonds. The second kappa shape index (κ2) is 5.17. The van der Waals surface area contributed by atoms with Crippen molar-refractivity contribution >= 4 is 17.6 Å². The van der Waals surface area contributed by atoms with Crippen molar-refractivity contribution in [1.82, 2.24) is 24.5 Å². The number of ketones is 1. The van der Waals surface area contributed by atoms with E-state index in [4.69, 9.17) is 0 Å². The SMILES string of the molecule is CCc1nc2ncc(C(C)=O)c(/C=C/N(C)C)n2n1. The number of carbonyl (C=O) groups excluding carboxylic acids is 1. The van der Waals surface area contributed by atoms with Gasteiger partial charge in [-0.1, -0.05) is 6.92 Å². The summed E-state index contributed by atoms with van der Waals surface area (Å²) in [5.74, 6) is 1.19. The first kappa shape index (κ1) is 13.2. The van der Waals surface area contributed by atoms with E-state index in [0.29, 0.717) is 22.9 Å². The minimum atomic E-state index is -0.0404. The van der Waals surface area contributed by atoms with Gasteiger partial charge in [0.2, 0.25) is 0 Å². The van der Waals surface area contributed by atoms with Crippen LogP contribution in [0.1, 0.15) is 35.7 Å². The Morgan fingerprint density at radius 1 is 1.47 bits per heavy atom. The molecule has 2 aromatic heterocycles. The van der Waals surface area contributed by atoms with Crippen molar-refractivity contribution < 1.29 is 4.79 Å². The van der Waals surface area contributed by atoms with E-state index in [9.17, 15) is 4.79 Å². The van der Waals surface area contributed by atoms with Crippen molar-refractivity contribution in [2.45, 2.75) is 20.3 Å². The average molecular weight is 259 g/mol. The van der Waals surface area contributed by atoms with Gasteiger partial charge in [-0.2, -0.15) is 9.50 Å². The summed E-state index contributed by atoms with van der Waals surface area (Å²) in [5, 5.41) is 4.37. The van der Waals surface area contributed by atoms with E-state index in [2.05, 4.69) is 15.1 Å². The number of carbonyl (C=O) groups is 1. The molecule has 0 saturated carbocycles. The molecule has 2 aromatic rings. The molecule has 0 aliphatic carbocycles. The molecule has 0 aromatic carbocycles. The van der Waals surface area contributed by atoms with Gasteiger partial charge >= 0.3 is 0 Å². The molecule has 6 heteroatoms. The molecule has 0 N–H and O–H groups in total. The number of nitrogens with zero attached hydrogens (tertiary/aromatic N) is 5. The van der Waals surface area contributed by atoms with Crippen LogP contribution in [0.4, 0.5) is 0 Å². The van der Waals surface area contributed by atoms with Gasteiger partial charge in [0.25, 0.3) is 5.78 Å². The maximum atomic E-state index is 11.7. The first-order valence-electron chi connectivity index (χ1n) is 6.13. The standard InChI is InChI=1S/C13H17N5O/c1-5-12-15-13-14-8-10(9(2)19)11(18(13)16-12)6-7-17(3)4/h6-8H,5H2,1-4H3/b7-6+. The molecule has 0 radical (unpaired) electrons. The molecule has 100 valence electrons. The van der Waals surface area contributed by atoms with E-state index < -0.39 is 0 Å². The molecule has 0 spiro atoms. The average Bonchev–Trinajstić information content (AvgIpc) is 2.78. The monoisotopic (exact) mass is 259 g/mol. The van der Waals surface area contributed by atoms with Crippen LogP contribution < -0.4 is 0 Å². The highest BCUT2D eigenvalue weighted by molar-refractivity contribution is 5.97. The fourth-order valence-electron chi connectivity index (χ4n) is 1.69. The van der Waals surface area contributed by atoms with Crippen LogP contribution >= 0.6 is 0 Å². The molecule has 6 nitrogen and oxygen atoms in total. The Labute approximate surface area is 111 Å². The number of hydrogen-bond acceptors (Lipinski definition) is 5. The number of Topliss-reactive ketones (excluding diaryl/α,β-unsaturated/α-hetero) is 1. The smallest absolute Gasteiger partial charge is 0.252 e. The van der Waals surface area contributed by atoms with Crippen LogP contribution in [0, 0.1) is 0 Å². The molecular formula is C13H17N5O. The zero-order chi connectivity index (χ0) is 14.0. The lowest BCUT2D eigenvalue weighted by atomic mass is 10.1. The molecule has 0 unspecified atom stereocenters. The minimum Gasteiger partial charge on any atom is -0.383 e. The van der Waals surface area contributed by atoms with Crippen molar-refractivity contribution in [3.05, 3.63) is 29.5 Å². The number of aromatic nitrogens is 4. The van der Waals surface area contributed by atoms with E-state index >= 15 is 0 Å². The van der Waals surface area contributed by atoms with Gasteiger partial charge in [0, 0.05) is 32.9 Å². The second-order valence-electron chi connectivity index (χ2n) is 4.49. The van der Waals surface area contributed by atoms with Crippen molar-refractivity contribution in [3.8, 4) is 0 Å². The van der Waals surface area contributed by atoms with Gasteiger partial charge in [-0.3, -0.25) is 4.79 Å². The van der Waals surface area contributed by atoms with Gasteiger partial charge in [0.05, 0.1) is 11.3 Å². The topological polar surface area (TPSA) is 63.4 Å².